The molecule has 2 aromatic carbocycles. The first-order valence-electron chi connectivity index (χ1n) is 14.0. The quantitative estimate of drug-likeness (QED) is 0.370. The Morgan fingerprint density at radius 1 is 1.12 bits per heavy atom. The summed E-state index contributed by atoms with van der Waals surface area (Å²) in [6.45, 7) is 1.90. The smallest absolute Gasteiger partial charge is 0.291 e. The van der Waals surface area contributed by atoms with Crippen molar-refractivity contribution in [3.8, 4) is 17.0 Å². The van der Waals surface area contributed by atoms with Crippen LogP contribution in [-0.2, 0) is 11.8 Å². The number of methoxy groups -OCH3 is 1. The van der Waals surface area contributed by atoms with Gasteiger partial charge in [-0.05, 0) is 56.1 Å². The number of Topliss-reactive ketones (excluding diaryl/α,β-unsaturated/α-hetero) is 1. The number of halogens is 3. The van der Waals surface area contributed by atoms with Gasteiger partial charge in [-0.25, -0.2) is 9.37 Å². The van der Waals surface area contributed by atoms with Crippen LogP contribution in [0.15, 0.2) is 36.5 Å². The number of likely N-dealkylation sites (tertiary alicyclic amines) is 1. The topological polar surface area (TPSA) is 126 Å². The summed E-state index contributed by atoms with van der Waals surface area (Å²) in [5, 5.41) is 16.1. The number of aliphatic hydroxyl groups excluding tert-OH is 1. The van der Waals surface area contributed by atoms with Crippen LogP contribution in [-0.4, -0.2) is 76.5 Å². The number of β-amino-alcohol motifs (C(OH)–C–C–N with tert-alkyl or cyclic N) is 1. The number of aliphatic hydroxyl groups is 1. The molecule has 2 aliphatic heterocycles. The van der Waals surface area contributed by atoms with Gasteiger partial charge in [-0.15, -0.1) is 0 Å². The molecule has 0 bridgehead atoms. The average Bonchev–Trinajstić information content (AvgIpc) is 3.39. The number of carbonyl (C=O) groups is 3. The van der Waals surface area contributed by atoms with Crippen molar-refractivity contribution in [2.45, 2.75) is 25.4 Å². The first kappa shape index (κ1) is 30.6. The number of carbonyl (C=O) groups excluding carboxylic acids is 3. The van der Waals surface area contributed by atoms with Crippen LogP contribution in [0.25, 0.3) is 11.3 Å². The van der Waals surface area contributed by atoms with Crippen molar-refractivity contribution in [3.05, 3.63) is 64.6 Å². The zero-order valence-corrected chi connectivity index (χ0v) is 24.5. The molecule has 13 heteroatoms. The number of hydrogen-bond donors (Lipinski definition) is 3. The molecule has 5 rings (SSSR count). The maximum absolute atomic E-state index is 14.6. The largest absolute Gasteiger partial charge is 0.494 e. The number of piperidine rings is 2. The number of aromatic nitrogens is 2. The van der Waals surface area contributed by atoms with Gasteiger partial charge in [0.2, 0.25) is 5.82 Å². The van der Waals surface area contributed by atoms with Crippen LogP contribution in [0.4, 0.5) is 14.5 Å². The summed E-state index contributed by atoms with van der Waals surface area (Å²) < 4.78 is 35.0. The Bertz CT molecular complexity index is 1560. The highest BCUT2D eigenvalue weighted by Gasteiger charge is 2.36. The van der Waals surface area contributed by atoms with Gasteiger partial charge in [-0.3, -0.25) is 14.4 Å². The standard InChI is InChI=1S/C30H32ClF2N5O5/c1-37-22(19-5-6-24(43-2)26(33)25(19)32)14-35-28(37)29(41)36-17-3-4-18(21(31)13-17)30(42)38-11-8-16(9-12-38)27(40)20-7-10-34-15-23(20)39/h3-6,13-14,16,20,23,34,39H,7-12,15H2,1-2H3,(H,36,41)/t20-,23-/m1/s1. The number of ether oxygens (including phenoxy) is 1. The third kappa shape index (κ3) is 6.13. The van der Waals surface area contributed by atoms with Crippen LogP contribution < -0.4 is 15.4 Å². The van der Waals surface area contributed by atoms with Crippen LogP contribution in [0.5, 0.6) is 5.75 Å². The lowest BCUT2D eigenvalue weighted by Gasteiger charge is -2.35. The summed E-state index contributed by atoms with van der Waals surface area (Å²) in [6.07, 6.45) is 2.23. The van der Waals surface area contributed by atoms with Gasteiger partial charge in [0.05, 0.1) is 35.7 Å². The fraction of sp³-hybridized carbons (Fsp3) is 0.400. The van der Waals surface area contributed by atoms with E-state index in [1.54, 1.807) is 4.90 Å². The summed E-state index contributed by atoms with van der Waals surface area (Å²) in [4.78, 5) is 44.9. The highest BCUT2D eigenvalue weighted by molar-refractivity contribution is 6.34. The van der Waals surface area contributed by atoms with Gasteiger partial charge < -0.3 is 29.9 Å². The molecule has 0 spiro atoms. The molecule has 2 aliphatic rings. The van der Waals surface area contributed by atoms with Gasteiger partial charge in [-0.1, -0.05) is 11.6 Å². The minimum absolute atomic E-state index is 0.0590. The molecule has 0 aliphatic carbocycles. The minimum Gasteiger partial charge on any atom is -0.494 e. The molecule has 43 heavy (non-hydrogen) atoms. The molecular formula is C30H32ClF2N5O5. The molecule has 3 N–H and O–H groups in total. The molecule has 0 unspecified atom stereocenters. The predicted molar refractivity (Wildman–Crippen MR) is 155 cm³/mol. The third-order valence-corrected chi connectivity index (χ3v) is 8.50. The number of hydrogen-bond acceptors (Lipinski definition) is 7. The normalized spacial score (nSPS) is 19.3. The van der Waals surface area contributed by atoms with E-state index in [4.69, 9.17) is 16.3 Å². The number of anilines is 1. The Morgan fingerprint density at radius 3 is 2.53 bits per heavy atom. The molecule has 3 aromatic rings. The van der Waals surface area contributed by atoms with E-state index >= 15 is 0 Å². The number of ketones is 1. The lowest BCUT2D eigenvalue weighted by molar-refractivity contribution is -0.132. The molecule has 2 fully saturated rings. The van der Waals surface area contributed by atoms with Crippen molar-refractivity contribution in [1.29, 1.82) is 0 Å². The van der Waals surface area contributed by atoms with E-state index in [-0.39, 0.29) is 56.9 Å². The van der Waals surface area contributed by atoms with Crippen molar-refractivity contribution in [1.82, 2.24) is 19.8 Å². The number of nitrogens with zero attached hydrogens (tertiary/aromatic N) is 3. The number of nitrogens with one attached hydrogen (secondary N) is 2. The Hall–Kier alpha value is -3.87. The number of benzene rings is 2. The first-order valence-corrected chi connectivity index (χ1v) is 14.3. The van der Waals surface area contributed by atoms with Gasteiger partial charge in [-0.2, -0.15) is 4.39 Å². The third-order valence-electron chi connectivity index (χ3n) is 8.19. The summed E-state index contributed by atoms with van der Waals surface area (Å²) in [7, 11) is 2.73. The Balaban J connectivity index is 1.22. The highest BCUT2D eigenvalue weighted by Crippen LogP contribution is 2.31. The molecule has 0 saturated carbocycles. The van der Waals surface area contributed by atoms with Crippen molar-refractivity contribution >= 4 is 34.9 Å². The van der Waals surface area contributed by atoms with Crippen LogP contribution in [0.2, 0.25) is 5.02 Å². The van der Waals surface area contributed by atoms with E-state index in [0.717, 1.165) is 0 Å². The molecule has 2 atom stereocenters. The minimum atomic E-state index is -1.15. The molecule has 0 radical (unpaired) electrons. The maximum atomic E-state index is 14.6. The van der Waals surface area contributed by atoms with Crippen LogP contribution in [0.3, 0.4) is 0 Å². The number of rotatable bonds is 7. The fourth-order valence-electron chi connectivity index (χ4n) is 5.73. The average molecular weight is 616 g/mol. The van der Waals surface area contributed by atoms with Crippen molar-refractivity contribution in [2.75, 3.05) is 38.6 Å². The fourth-order valence-corrected chi connectivity index (χ4v) is 5.99. The highest BCUT2D eigenvalue weighted by atomic mass is 35.5. The van der Waals surface area contributed by atoms with E-state index in [1.165, 1.54) is 55.3 Å². The predicted octanol–water partition coefficient (Wildman–Crippen LogP) is 3.67. The van der Waals surface area contributed by atoms with E-state index in [1.807, 2.05) is 0 Å². The monoisotopic (exact) mass is 615 g/mol. The van der Waals surface area contributed by atoms with E-state index < -0.39 is 23.6 Å². The Kier molecular flexibility index (Phi) is 9.09. The summed E-state index contributed by atoms with van der Waals surface area (Å²) >= 11 is 6.45. The summed E-state index contributed by atoms with van der Waals surface area (Å²) in [5.74, 6) is -3.97. The van der Waals surface area contributed by atoms with Crippen molar-refractivity contribution < 1.29 is 33.0 Å². The Labute approximate surface area is 252 Å². The zero-order valence-electron chi connectivity index (χ0n) is 23.7. The molecule has 2 amide bonds. The molecule has 3 heterocycles. The summed E-state index contributed by atoms with van der Waals surface area (Å²) in [6, 6.07) is 7.12. The second kappa shape index (κ2) is 12.8. The van der Waals surface area contributed by atoms with E-state index in [9.17, 15) is 28.3 Å². The second-order valence-electron chi connectivity index (χ2n) is 10.8. The molecule has 228 valence electrons. The van der Waals surface area contributed by atoms with Gasteiger partial charge >= 0.3 is 0 Å². The van der Waals surface area contributed by atoms with Crippen molar-refractivity contribution in [3.63, 3.8) is 0 Å². The SMILES string of the molecule is COc1ccc(-c2cnc(C(=O)Nc3ccc(C(=O)N4CCC(C(=O)[C@@H]5CCNC[C@H]5O)CC4)c(Cl)c3)n2C)c(F)c1F. The lowest BCUT2D eigenvalue weighted by Crippen LogP contribution is -2.48. The van der Waals surface area contributed by atoms with Gasteiger partial charge in [0.15, 0.2) is 17.4 Å². The molecule has 10 nitrogen and oxygen atoms in total. The van der Waals surface area contributed by atoms with Gasteiger partial charge in [0.1, 0.15) is 5.78 Å². The lowest BCUT2D eigenvalue weighted by atomic mass is 9.80. The Morgan fingerprint density at radius 2 is 1.86 bits per heavy atom. The molecule has 1 aromatic heterocycles. The number of imidazole rings is 1. The van der Waals surface area contributed by atoms with Crippen LogP contribution >= 0.6 is 11.6 Å². The van der Waals surface area contributed by atoms with Gasteiger partial charge in [0.25, 0.3) is 11.8 Å². The first-order chi connectivity index (χ1) is 20.6. The molecule has 2 saturated heterocycles. The second-order valence-corrected chi connectivity index (χ2v) is 11.2. The van der Waals surface area contributed by atoms with Crippen LogP contribution in [0.1, 0.15) is 40.2 Å². The molecular weight excluding hydrogens is 584 g/mol. The zero-order chi connectivity index (χ0) is 30.8. The van der Waals surface area contributed by atoms with E-state index in [0.29, 0.717) is 51.1 Å². The van der Waals surface area contributed by atoms with Crippen LogP contribution in [0, 0.1) is 23.5 Å². The van der Waals surface area contributed by atoms with E-state index in [2.05, 4.69) is 15.6 Å². The maximum Gasteiger partial charge on any atom is 0.291 e. The number of amides is 2. The summed E-state index contributed by atoms with van der Waals surface area (Å²) in [5.41, 5.74) is 0.660. The van der Waals surface area contributed by atoms with Crippen molar-refractivity contribution in [2.24, 2.45) is 18.9 Å². The van der Waals surface area contributed by atoms with Gasteiger partial charge in [0, 0.05) is 49.8 Å².